The van der Waals surface area contributed by atoms with Crippen LogP contribution in [-0.4, -0.2) is 38.8 Å². The van der Waals surface area contributed by atoms with Crippen molar-refractivity contribution in [1.29, 1.82) is 0 Å². The average Bonchev–Trinajstić information content (AvgIpc) is 3.06. The molecule has 26 heavy (non-hydrogen) atoms. The molecule has 1 amide bonds. The fraction of sp³-hybridized carbons (Fsp3) is 0.222. The molecule has 0 saturated carbocycles. The van der Waals surface area contributed by atoms with Crippen LogP contribution in [0, 0.1) is 0 Å². The molecule has 0 spiro atoms. The van der Waals surface area contributed by atoms with Crippen LogP contribution < -0.4 is 24.3 Å². The normalized spacial score (nSPS) is 10.4. The van der Waals surface area contributed by atoms with E-state index in [1.807, 2.05) is 6.07 Å². The number of carbonyl (C=O) groups is 1. The van der Waals surface area contributed by atoms with Gasteiger partial charge in [0, 0.05) is 18.2 Å². The van der Waals surface area contributed by atoms with E-state index in [2.05, 4.69) is 10.3 Å². The zero-order valence-corrected chi connectivity index (χ0v) is 15.4. The zero-order valence-electron chi connectivity index (χ0n) is 14.6. The smallest absolute Gasteiger partial charge is 0.264 e. The summed E-state index contributed by atoms with van der Waals surface area (Å²) >= 11 is 1.35. The van der Waals surface area contributed by atoms with Crippen molar-refractivity contribution < 1.29 is 23.7 Å². The Morgan fingerprint density at radius 1 is 1.04 bits per heavy atom. The van der Waals surface area contributed by atoms with Crippen LogP contribution in [0.4, 0.5) is 5.13 Å². The number of ether oxygens (including phenoxy) is 4. The number of hydrogen-bond acceptors (Lipinski definition) is 7. The Labute approximate surface area is 154 Å². The minimum Gasteiger partial charge on any atom is -0.497 e. The number of anilines is 1. The van der Waals surface area contributed by atoms with Crippen LogP contribution in [0.5, 0.6) is 23.0 Å². The Morgan fingerprint density at radius 2 is 1.77 bits per heavy atom. The molecule has 8 heteroatoms. The van der Waals surface area contributed by atoms with Crippen molar-refractivity contribution in [3.05, 3.63) is 36.4 Å². The fourth-order valence-corrected chi connectivity index (χ4v) is 3.20. The second kappa shape index (κ2) is 7.92. The van der Waals surface area contributed by atoms with E-state index in [1.54, 1.807) is 51.7 Å². The lowest BCUT2D eigenvalue weighted by Crippen LogP contribution is -2.19. The first-order valence-corrected chi connectivity index (χ1v) is 8.54. The van der Waals surface area contributed by atoms with Gasteiger partial charge in [-0.3, -0.25) is 10.1 Å². The van der Waals surface area contributed by atoms with Gasteiger partial charge in [-0.1, -0.05) is 17.4 Å². The number of hydrogen-bond donors (Lipinski definition) is 1. The maximum absolute atomic E-state index is 12.1. The monoisotopic (exact) mass is 374 g/mol. The Morgan fingerprint density at radius 3 is 2.50 bits per heavy atom. The molecule has 0 bridgehead atoms. The first-order chi connectivity index (χ1) is 12.6. The molecule has 3 rings (SSSR count). The minimum atomic E-state index is -0.300. The third kappa shape index (κ3) is 3.97. The minimum absolute atomic E-state index is 0.129. The number of methoxy groups -OCH3 is 3. The molecule has 0 atom stereocenters. The molecule has 0 aliphatic rings. The second-order valence-electron chi connectivity index (χ2n) is 5.21. The van der Waals surface area contributed by atoms with Crippen molar-refractivity contribution >= 4 is 32.6 Å². The number of fused-ring (bicyclic) bond motifs is 1. The molecule has 1 aromatic heterocycles. The van der Waals surface area contributed by atoms with E-state index in [1.165, 1.54) is 11.3 Å². The topological polar surface area (TPSA) is 78.9 Å². The lowest BCUT2D eigenvalue weighted by Gasteiger charge is -2.07. The standard InChI is InChI=1S/C18H18N2O5S/c1-22-11-5-4-6-12(7-11)25-10-17(21)20-18-19-13-8-14(23-2)15(24-3)9-16(13)26-18/h4-9H,10H2,1-3H3,(H,19,20,21). The van der Waals surface area contributed by atoms with Crippen molar-refractivity contribution in [2.45, 2.75) is 0 Å². The van der Waals surface area contributed by atoms with E-state index in [0.29, 0.717) is 28.1 Å². The van der Waals surface area contributed by atoms with Gasteiger partial charge < -0.3 is 18.9 Å². The predicted octanol–water partition coefficient (Wildman–Crippen LogP) is 3.34. The maximum Gasteiger partial charge on any atom is 0.264 e. The Bertz CT molecular complexity index is 884. The van der Waals surface area contributed by atoms with E-state index in [4.69, 9.17) is 18.9 Å². The highest BCUT2D eigenvalue weighted by atomic mass is 32.1. The van der Waals surface area contributed by atoms with E-state index in [9.17, 15) is 4.79 Å². The van der Waals surface area contributed by atoms with Gasteiger partial charge in [0.2, 0.25) is 0 Å². The van der Waals surface area contributed by atoms with Crippen LogP contribution in [0.1, 0.15) is 0 Å². The molecule has 0 aliphatic heterocycles. The van der Waals surface area contributed by atoms with Gasteiger partial charge in [-0.05, 0) is 12.1 Å². The van der Waals surface area contributed by atoms with Crippen molar-refractivity contribution in [3.8, 4) is 23.0 Å². The summed E-state index contributed by atoms with van der Waals surface area (Å²) in [4.78, 5) is 16.5. The quantitative estimate of drug-likeness (QED) is 0.683. The van der Waals surface area contributed by atoms with Crippen LogP contribution >= 0.6 is 11.3 Å². The Kier molecular flexibility index (Phi) is 5.43. The van der Waals surface area contributed by atoms with Gasteiger partial charge in [0.25, 0.3) is 5.91 Å². The molecule has 0 unspecified atom stereocenters. The zero-order chi connectivity index (χ0) is 18.5. The van der Waals surface area contributed by atoms with Crippen LogP contribution in [0.15, 0.2) is 36.4 Å². The van der Waals surface area contributed by atoms with Crippen LogP contribution in [0.3, 0.4) is 0 Å². The number of thiazole rings is 1. The average molecular weight is 374 g/mol. The van der Waals surface area contributed by atoms with Crippen molar-refractivity contribution in [3.63, 3.8) is 0 Å². The number of aromatic nitrogens is 1. The van der Waals surface area contributed by atoms with Gasteiger partial charge in [0.1, 0.15) is 11.5 Å². The third-order valence-electron chi connectivity index (χ3n) is 3.55. The molecule has 1 heterocycles. The van der Waals surface area contributed by atoms with Gasteiger partial charge in [-0.2, -0.15) is 0 Å². The fourth-order valence-electron chi connectivity index (χ4n) is 2.30. The molecular formula is C18H18N2O5S. The summed E-state index contributed by atoms with van der Waals surface area (Å²) < 4.78 is 22.0. The summed E-state index contributed by atoms with van der Waals surface area (Å²) in [6.07, 6.45) is 0. The van der Waals surface area contributed by atoms with Gasteiger partial charge in [0.05, 0.1) is 31.5 Å². The summed E-state index contributed by atoms with van der Waals surface area (Å²) in [5.41, 5.74) is 0.719. The highest BCUT2D eigenvalue weighted by Crippen LogP contribution is 2.36. The van der Waals surface area contributed by atoms with Gasteiger partial charge in [0.15, 0.2) is 23.2 Å². The summed E-state index contributed by atoms with van der Waals surface area (Å²) in [6, 6.07) is 10.7. The Balaban J connectivity index is 1.67. The molecule has 2 aromatic carbocycles. The lowest BCUT2D eigenvalue weighted by atomic mass is 10.3. The second-order valence-corrected chi connectivity index (χ2v) is 6.24. The van der Waals surface area contributed by atoms with E-state index in [0.717, 1.165) is 10.2 Å². The highest BCUT2D eigenvalue weighted by molar-refractivity contribution is 7.22. The van der Waals surface area contributed by atoms with E-state index in [-0.39, 0.29) is 12.5 Å². The summed E-state index contributed by atoms with van der Waals surface area (Å²) in [6.45, 7) is -0.129. The molecular weight excluding hydrogens is 356 g/mol. The molecule has 136 valence electrons. The molecule has 7 nitrogen and oxygen atoms in total. The predicted molar refractivity (Wildman–Crippen MR) is 99.8 cm³/mol. The molecule has 0 fully saturated rings. The summed E-state index contributed by atoms with van der Waals surface area (Å²) in [5.74, 6) is 2.12. The largest absolute Gasteiger partial charge is 0.497 e. The lowest BCUT2D eigenvalue weighted by molar-refractivity contribution is -0.118. The number of benzene rings is 2. The van der Waals surface area contributed by atoms with Gasteiger partial charge >= 0.3 is 0 Å². The van der Waals surface area contributed by atoms with Gasteiger partial charge in [-0.15, -0.1) is 0 Å². The van der Waals surface area contributed by atoms with Gasteiger partial charge in [-0.25, -0.2) is 4.98 Å². The van der Waals surface area contributed by atoms with Crippen LogP contribution in [0.2, 0.25) is 0 Å². The number of rotatable bonds is 7. The van der Waals surface area contributed by atoms with Crippen molar-refractivity contribution in [2.75, 3.05) is 33.3 Å². The summed E-state index contributed by atoms with van der Waals surface area (Å²) in [7, 11) is 4.71. The first-order valence-electron chi connectivity index (χ1n) is 7.72. The summed E-state index contributed by atoms with van der Waals surface area (Å²) in [5, 5.41) is 3.22. The molecule has 1 N–H and O–H groups in total. The number of nitrogens with one attached hydrogen (secondary N) is 1. The number of nitrogens with zero attached hydrogens (tertiary/aromatic N) is 1. The van der Waals surface area contributed by atoms with Crippen molar-refractivity contribution in [1.82, 2.24) is 4.98 Å². The molecule has 3 aromatic rings. The molecule has 0 aliphatic carbocycles. The Hall–Kier alpha value is -3.00. The number of carbonyl (C=O) groups excluding carboxylic acids is 1. The first kappa shape index (κ1) is 17.8. The maximum atomic E-state index is 12.1. The van der Waals surface area contributed by atoms with Crippen LogP contribution in [0.25, 0.3) is 10.2 Å². The third-order valence-corrected chi connectivity index (χ3v) is 4.48. The number of amides is 1. The van der Waals surface area contributed by atoms with E-state index >= 15 is 0 Å². The van der Waals surface area contributed by atoms with Crippen molar-refractivity contribution in [2.24, 2.45) is 0 Å². The SMILES string of the molecule is COc1cccc(OCC(=O)Nc2nc3cc(OC)c(OC)cc3s2)c1. The van der Waals surface area contributed by atoms with Crippen LogP contribution in [-0.2, 0) is 4.79 Å². The van der Waals surface area contributed by atoms with E-state index < -0.39 is 0 Å². The molecule has 0 saturated heterocycles. The molecule has 0 radical (unpaired) electrons. The highest BCUT2D eigenvalue weighted by Gasteiger charge is 2.12.